The third kappa shape index (κ3) is 2.68. The average Bonchev–Trinajstić information content (AvgIpc) is 2.94. The van der Waals surface area contributed by atoms with Gasteiger partial charge in [0.15, 0.2) is 0 Å². The molecule has 0 saturated heterocycles. The molecule has 3 heteroatoms. The van der Waals surface area contributed by atoms with Crippen molar-refractivity contribution in [1.82, 2.24) is 4.57 Å². The lowest BCUT2D eigenvalue weighted by Crippen LogP contribution is -2.08. The van der Waals surface area contributed by atoms with Gasteiger partial charge in [0.05, 0.1) is 17.6 Å². The highest BCUT2D eigenvalue weighted by Gasteiger charge is 2.11. The first kappa shape index (κ1) is 14.2. The summed E-state index contributed by atoms with van der Waals surface area (Å²) in [4.78, 5) is 0. The van der Waals surface area contributed by atoms with E-state index in [1.54, 1.807) is 0 Å². The van der Waals surface area contributed by atoms with Gasteiger partial charge in [0.1, 0.15) is 18.4 Å². The van der Waals surface area contributed by atoms with Crippen LogP contribution >= 0.6 is 0 Å². The van der Waals surface area contributed by atoms with Crippen LogP contribution in [0.15, 0.2) is 54.7 Å². The van der Waals surface area contributed by atoms with Gasteiger partial charge in [-0.25, -0.2) is 0 Å². The lowest BCUT2D eigenvalue weighted by atomic mass is 10.1. The van der Waals surface area contributed by atoms with Gasteiger partial charge >= 0.3 is 0 Å². The van der Waals surface area contributed by atoms with Crippen LogP contribution in [0.5, 0.6) is 5.75 Å². The summed E-state index contributed by atoms with van der Waals surface area (Å²) in [6.07, 6.45) is 2.88. The number of aryl methyl sites for hydroxylation is 1. The Morgan fingerprint density at radius 3 is 2.64 bits per heavy atom. The van der Waals surface area contributed by atoms with Gasteiger partial charge in [-0.3, -0.25) is 0 Å². The molecule has 0 spiro atoms. The number of benzene rings is 2. The Bertz CT molecular complexity index is 813. The predicted molar refractivity (Wildman–Crippen MR) is 88.0 cm³/mol. The van der Waals surface area contributed by atoms with Crippen LogP contribution in [0.2, 0.25) is 0 Å². The molecule has 0 amide bonds. The summed E-state index contributed by atoms with van der Waals surface area (Å²) in [5.74, 6) is 0.871. The normalized spacial score (nSPS) is 10.5. The van der Waals surface area contributed by atoms with Gasteiger partial charge in [-0.2, -0.15) is 5.26 Å². The second-order valence-corrected chi connectivity index (χ2v) is 5.18. The molecule has 22 heavy (non-hydrogen) atoms. The molecule has 0 radical (unpaired) electrons. The molecule has 0 unspecified atom stereocenters. The minimum absolute atomic E-state index is 0.580. The highest BCUT2D eigenvalue weighted by molar-refractivity contribution is 5.89. The van der Waals surface area contributed by atoms with Gasteiger partial charge in [0.2, 0.25) is 0 Å². The number of fused-ring (bicyclic) bond motifs is 1. The molecule has 1 aromatic heterocycles. The molecular weight excluding hydrogens is 272 g/mol. The summed E-state index contributed by atoms with van der Waals surface area (Å²) < 4.78 is 7.91. The number of hydrogen-bond donors (Lipinski definition) is 0. The largest absolute Gasteiger partial charge is 0.492 e. The van der Waals surface area contributed by atoms with Crippen molar-refractivity contribution in [2.24, 2.45) is 0 Å². The molecule has 2 aromatic carbocycles. The van der Waals surface area contributed by atoms with Crippen molar-refractivity contribution < 1.29 is 4.74 Å². The Morgan fingerprint density at radius 2 is 1.91 bits per heavy atom. The third-order valence-electron chi connectivity index (χ3n) is 3.83. The van der Waals surface area contributed by atoms with Gasteiger partial charge in [-0.1, -0.05) is 43.3 Å². The Balaban J connectivity index is 1.86. The molecule has 3 nitrogen and oxygen atoms in total. The highest BCUT2D eigenvalue weighted by Crippen LogP contribution is 2.25. The van der Waals surface area contributed by atoms with Crippen LogP contribution < -0.4 is 4.74 Å². The quantitative estimate of drug-likeness (QED) is 0.708. The van der Waals surface area contributed by atoms with Gasteiger partial charge < -0.3 is 9.30 Å². The maximum atomic E-state index is 9.32. The number of nitrogens with zero attached hydrogens (tertiary/aromatic N) is 2. The Hall–Kier alpha value is -2.73. The zero-order valence-electron chi connectivity index (χ0n) is 12.6. The maximum absolute atomic E-state index is 9.32. The van der Waals surface area contributed by atoms with E-state index in [9.17, 15) is 5.26 Å². The van der Waals surface area contributed by atoms with E-state index < -0.39 is 0 Å². The Morgan fingerprint density at radius 1 is 1.09 bits per heavy atom. The molecule has 0 aliphatic carbocycles. The minimum atomic E-state index is 0.580. The third-order valence-corrected chi connectivity index (χ3v) is 3.83. The fourth-order valence-corrected chi connectivity index (χ4v) is 2.77. The molecule has 110 valence electrons. The second kappa shape index (κ2) is 6.36. The van der Waals surface area contributed by atoms with Crippen molar-refractivity contribution in [1.29, 1.82) is 5.26 Å². The molecule has 0 bridgehead atoms. The van der Waals surface area contributed by atoms with Crippen molar-refractivity contribution >= 4 is 10.9 Å². The minimum Gasteiger partial charge on any atom is -0.492 e. The van der Waals surface area contributed by atoms with Crippen molar-refractivity contribution in [3.8, 4) is 11.8 Å². The molecule has 0 atom stereocenters. The number of aromatic nitrogens is 1. The van der Waals surface area contributed by atoms with Crippen molar-refractivity contribution in [3.05, 3.63) is 65.9 Å². The lowest BCUT2D eigenvalue weighted by molar-refractivity contribution is 0.300. The van der Waals surface area contributed by atoms with Crippen molar-refractivity contribution in [3.63, 3.8) is 0 Å². The van der Waals surface area contributed by atoms with E-state index in [4.69, 9.17) is 4.74 Å². The monoisotopic (exact) mass is 290 g/mol. The van der Waals surface area contributed by atoms with Crippen LogP contribution in [0.25, 0.3) is 10.9 Å². The van der Waals surface area contributed by atoms with Crippen LogP contribution in [-0.2, 0) is 13.0 Å². The highest BCUT2D eigenvalue weighted by atomic mass is 16.5. The van der Waals surface area contributed by atoms with E-state index >= 15 is 0 Å². The molecule has 0 saturated carbocycles. The predicted octanol–water partition coefficient (Wildman–Crippen LogP) is 4.15. The molecule has 3 aromatic rings. The summed E-state index contributed by atoms with van der Waals surface area (Å²) in [6.45, 7) is 3.44. The number of para-hydroxylation sites is 2. The van der Waals surface area contributed by atoms with Crippen LogP contribution in [0.4, 0.5) is 0 Å². The molecular formula is C19H18N2O. The average molecular weight is 290 g/mol. The fraction of sp³-hybridized carbons (Fsp3) is 0.211. The van der Waals surface area contributed by atoms with E-state index in [0.717, 1.165) is 35.2 Å². The van der Waals surface area contributed by atoms with E-state index in [-0.39, 0.29) is 0 Å². The standard InChI is InChI=1S/C19H18N2O/c1-2-15-7-6-10-18-16(13-20)14-21(19(15)18)11-12-22-17-8-4-3-5-9-17/h3-10,14H,2,11-12H2,1H3. The molecule has 3 rings (SSSR count). The molecule has 1 heterocycles. The van der Waals surface area contributed by atoms with E-state index in [0.29, 0.717) is 6.61 Å². The first-order valence-corrected chi connectivity index (χ1v) is 7.52. The molecule has 0 N–H and O–H groups in total. The summed E-state index contributed by atoms with van der Waals surface area (Å²) >= 11 is 0. The zero-order valence-corrected chi connectivity index (χ0v) is 12.6. The summed E-state index contributed by atoms with van der Waals surface area (Å²) in [5.41, 5.74) is 3.14. The molecule has 0 aliphatic rings. The number of ether oxygens (including phenoxy) is 1. The summed E-state index contributed by atoms with van der Waals surface area (Å²) in [7, 11) is 0. The lowest BCUT2D eigenvalue weighted by Gasteiger charge is -2.10. The fourth-order valence-electron chi connectivity index (χ4n) is 2.77. The number of hydrogen-bond acceptors (Lipinski definition) is 2. The maximum Gasteiger partial charge on any atom is 0.119 e. The Labute approximate surface area is 130 Å². The second-order valence-electron chi connectivity index (χ2n) is 5.18. The number of rotatable bonds is 5. The first-order chi connectivity index (χ1) is 10.8. The molecule has 0 fully saturated rings. The van der Waals surface area contributed by atoms with Gasteiger partial charge in [0, 0.05) is 11.6 Å². The van der Waals surface area contributed by atoms with Crippen LogP contribution in [0, 0.1) is 11.3 Å². The first-order valence-electron chi connectivity index (χ1n) is 7.52. The van der Waals surface area contributed by atoms with E-state index in [2.05, 4.69) is 23.6 Å². The zero-order chi connectivity index (χ0) is 15.4. The van der Waals surface area contributed by atoms with Gasteiger partial charge in [0.25, 0.3) is 0 Å². The van der Waals surface area contributed by atoms with Crippen LogP contribution in [0.3, 0.4) is 0 Å². The van der Waals surface area contributed by atoms with Gasteiger partial charge in [-0.05, 0) is 24.1 Å². The number of nitriles is 1. The van der Waals surface area contributed by atoms with E-state index in [1.165, 1.54) is 5.56 Å². The van der Waals surface area contributed by atoms with Crippen molar-refractivity contribution in [2.45, 2.75) is 19.9 Å². The van der Waals surface area contributed by atoms with Crippen LogP contribution in [-0.4, -0.2) is 11.2 Å². The molecule has 0 aliphatic heterocycles. The van der Waals surface area contributed by atoms with Crippen molar-refractivity contribution in [2.75, 3.05) is 6.61 Å². The van der Waals surface area contributed by atoms with Gasteiger partial charge in [-0.15, -0.1) is 0 Å². The summed E-state index contributed by atoms with van der Waals surface area (Å²) in [6, 6.07) is 18.2. The van der Waals surface area contributed by atoms with Crippen LogP contribution in [0.1, 0.15) is 18.1 Å². The SMILES string of the molecule is CCc1cccc2c(C#N)cn(CCOc3ccccc3)c12. The summed E-state index contributed by atoms with van der Waals surface area (Å²) in [5, 5.41) is 10.4. The van der Waals surface area contributed by atoms with E-state index in [1.807, 2.05) is 48.7 Å². The topological polar surface area (TPSA) is 38.0 Å². The Kier molecular flexibility index (Phi) is 4.11. The smallest absolute Gasteiger partial charge is 0.119 e.